The second-order valence-corrected chi connectivity index (χ2v) is 9.27. The summed E-state index contributed by atoms with van der Waals surface area (Å²) in [5.74, 6) is 0. The lowest BCUT2D eigenvalue weighted by molar-refractivity contribution is 0.135. The zero-order valence-electron chi connectivity index (χ0n) is 16.2. The second-order valence-electron chi connectivity index (χ2n) is 6.65. The molecule has 0 aromatic carbocycles. The number of nitrogens with zero attached hydrogens (tertiary/aromatic N) is 2. The average molecular weight is 410 g/mol. The molecule has 0 saturated carbocycles. The van der Waals surface area contributed by atoms with Crippen LogP contribution in [0.4, 0.5) is 5.69 Å². The maximum absolute atomic E-state index is 12.7. The van der Waals surface area contributed by atoms with E-state index in [9.17, 15) is 9.83 Å². The smallest absolute Gasteiger partial charge is 0.383 e. The number of aromatic nitrogens is 1. The van der Waals surface area contributed by atoms with Crippen LogP contribution in [-0.4, -0.2) is 30.3 Å². The molecular formula is C18H27N4O3PS. The molecule has 0 unspecified atom stereocenters. The molecule has 148 valence electrons. The van der Waals surface area contributed by atoms with Crippen LogP contribution < -0.4 is 10.4 Å². The molecule has 0 aliphatic carbocycles. The Morgan fingerprint density at radius 1 is 1.22 bits per heavy atom. The van der Waals surface area contributed by atoms with Crippen LogP contribution in [0.3, 0.4) is 0 Å². The van der Waals surface area contributed by atoms with Crippen LogP contribution in [0.25, 0.3) is 10.2 Å². The van der Waals surface area contributed by atoms with Crippen LogP contribution in [0.2, 0.25) is 0 Å². The number of hydrogen-bond donors (Lipinski definition) is 2. The van der Waals surface area contributed by atoms with Crippen LogP contribution in [-0.2, 0) is 13.6 Å². The Labute approximate surface area is 164 Å². The van der Waals surface area contributed by atoms with E-state index in [1.807, 2.05) is 39.1 Å². The molecule has 2 aromatic rings. The Morgan fingerprint density at radius 3 is 2.52 bits per heavy atom. The van der Waals surface area contributed by atoms with Gasteiger partial charge in [-0.1, -0.05) is 0 Å². The van der Waals surface area contributed by atoms with Crippen molar-refractivity contribution in [3.05, 3.63) is 23.2 Å². The van der Waals surface area contributed by atoms with E-state index in [2.05, 4.69) is 21.5 Å². The molecule has 2 N–H and O–H groups in total. The standard InChI is InChI=1S/C18H27N4O3PS/c1-13(2)24-26(23,25-14(3)4)22-9-6-5-8-20-17-15(11-19)12-21-18-16(17)7-10-27-18/h7,10,12-14H,5-6,8-9H2,1-4H3,(H,20,21)(H,22,23). The van der Waals surface area contributed by atoms with Gasteiger partial charge < -0.3 is 5.32 Å². The van der Waals surface area contributed by atoms with Gasteiger partial charge in [0.15, 0.2) is 0 Å². The van der Waals surface area contributed by atoms with E-state index in [1.165, 1.54) is 0 Å². The fraction of sp³-hybridized carbons (Fsp3) is 0.556. The summed E-state index contributed by atoms with van der Waals surface area (Å²) in [5.41, 5.74) is 1.37. The molecule has 0 fully saturated rings. The van der Waals surface area contributed by atoms with E-state index in [4.69, 9.17) is 9.05 Å². The number of thiophene rings is 1. The van der Waals surface area contributed by atoms with E-state index < -0.39 is 7.75 Å². The third-order valence-electron chi connectivity index (χ3n) is 3.52. The van der Waals surface area contributed by atoms with Gasteiger partial charge in [-0.2, -0.15) is 5.26 Å². The van der Waals surface area contributed by atoms with Gasteiger partial charge in [0.25, 0.3) is 0 Å². The number of nitriles is 1. The topological polar surface area (TPSA) is 96.3 Å². The number of pyridine rings is 1. The number of anilines is 1. The maximum Gasteiger partial charge on any atom is 0.406 e. The minimum Gasteiger partial charge on any atom is -0.383 e. The first-order chi connectivity index (χ1) is 12.8. The highest BCUT2D eigenvalue weighted by molar-refractivity contribution is 7.51. The predicted octanol–water partition coefficient (Wildman–Crippen LogP) is 4.91. The largest absolute Gasteiger partial charge is 0.406 e. The summed E-state index contributed by atoms with van der Waals surface area (Å²) in [5, 5.41) is 18.5. The Kier molecular flexibility index (Phi) is 8.21. The van der Waals surface area contributed by atoms with Crippen molar-refractivity contribution >= 4 is 35.0 Å². The van der Waals surface area contributed by atoms with Crippen LogP contribution >= 0.6 is 19.1 Å². The fourth-order valence-electron chi connectivity index (χ4n) is 2.53. The molecule has 0 spiro atoms. The summed E-state index contributed by atoms with van der Waals surface area (Å²) in [7, 11) is -3.30. The van der Waals surface area contributed by atoms with E-state index in [0.717, 1.165) is 28.7 Å². The van der Waals surface area contributed by atoms with Crippen molar-refractivity contribution in [2.75, 3.05) is 18.4 Å². The van der Waals surface area contributed by atoms with E-state index in [0.29, 0.717) is 18.7 Å². The van der Waals surface area contributed by atoms with Crippen LogP contribution in [0.15, 0.2) is 17.6 Å². The zero-order valence-corrected chi connectivity index (χ0v) is 17.9. The van der Waals surface area contributed by atoms with Crippen molar-refractivity contribution in [3.8, 4) is 6.07 Å². The Bertz CT molecular complexity index is 818. The quantitative estimate of drug-likeness (QED) is 0.401. The lowest BCUT2D eigenvalue weighted by atomic mass is 10.2. The first-order valence-corrected chi connectivity index (χ1v) is 11.5. The monoisotopic (exact) mass is 410 g/mol. The second kappa shape index (κ2) is 10.2. The molecule has 0 amide bonds. The third-order valence-corrected chi connectivity index (χ3v) is 6.35. The Balaban J connectivity index is 1.83. The van der Waals surface area contributed by atoms with Gasteiger partial charge >= 0.3 is 7.75 Å². The number of rotatable bonds is 11. The first-order valence-electron chi connectivity index (χ1n) is 9.07. The normalized spacial score (nSPS) is 12.0. The first kappa shape index (κ1) is 21.8. The highest BCUT2D eigenvalue weighted by atomic mass is 32.1. The summed E-state index contributed by atoms with van der Waals surface area (Å²) in [6.45, 7) is 8.53. The molecular weight excluding hydrogens is 383 g/mol. The maximum atomic E-state index is 12.7. The van der Waals surface area contributed by atoms with Gasteiger partial charge in [-0.3, -0.25) is 9.05 Å². The van der Waals surface area contributed by atoms with E-state index >= 15 is 0 Å². The zero-order chi connectivity index (χ0) is 19.9. The summed E-state index contributed by atoms with van der Waals surface area (Å²) in [6.07, 6.45) is 2.86. The highest BCUT2D eigenvalue weighted by Gasteiger charge is 2.26. The van der Waals surface area contributed by atoms with Crippen LogP contribution in [0.5, 0.6) is 0 Å². The number of hydrogen-bond acceptors (Lipinski definition) is 7. The van der Waals surface area contributed by atoms with Crippen LogP contribution in [0, 0.1) is 11.3 Å². The Hall–Kier alpha value is -1.49. The van der Waals surface area contributed by atoms with Gasteiger partial charge in [-0.15, -0.1) is 11.3 Å². The molecule has 0 saturated heterocycles. The fourth-order valence-corrected chi connectivity index (χ4v) is 5.02. The van der Waals surface area contributed by atoms with Gasteiger partial charge in [0.05, 0.1) is 23.5 Å². The molecule has 9 heteroatoms. The van der Waals surface area contributed by atoms with Gasteiger partial charge in [-0.05, 0) is 52.0 Å². The molecule has 0 aliphatic rings. The van der Waals surface area contributed by atoms with Crippen molar-refractivity contribution < 1.29 is 13.6 Å². The lowest BCUT2D eigenvalue weighted by Gasteiger charge is -2.23. The molecule has 27 heavy (non-hydrogen) atoms. The molecule has 0 aliphatic heterocycles. The third kappa shape index (κ3) is 6.56. The molecule has 2 rings (SSSR count). The average Bonchev–Trinajstić information content (AvgIpc) is 3.05. The van der Waals surface area contributed by atoms with Crippen molar-refractivity contribution in [1.82, 2.24) is 10.1 Å². The highest BCUT2D eigenvalue weighted by Crippen LogP contribution is 2.46. The van der Waals surface area contributed by atoms with Gasteiger partial charge in [0.2, 0.25) is 0 Å². The summed E-state index contributed by atoms with van der Waals surface area (Å²) < 4.78 is 23.6. The summed E-state index contributed by atoms with van der Waals surface area (Å²) in [4.78, 5) is 5.20. The number of nitrogens with one attached hydrogen (secondary N) is 2. The summed E-state index contributed by atoms with van der Waals surface area (Å²) in [6, 6.07) is 4.16. The minimum absolute atomic E-state index is 0.187. The SMILES string of the molecule is CC(C)OP(=O)(NCCCCNc1c(C#N)cnc2sccc12)OC(C)C. The van der Waals surface area contributed by atoms with Crippen LogP contribution in [0.1, 0.15) is 46.1 Å². The van der Waals surface area contributed by atoms with Crippen molar-refractivity contribution in [2.45, 2.75) is 52.7 Å². The number of unbranched alkanes of at least 4 members (excludes halogenated alkanes) is 1. The molecule has 0 radical (unpaired) electrons. The van der Waals surface area contributed by atoms with Crippen molar-refractivity contribution in [1.29, 1.82) is 5.26 Å². The minimum atomic E-state index is -3.30. The van der Waals surface area contributed by atoms with Gasteiger partial charge in [0.1, 0.15) is 10.9 Å². The predicted molar refractivity (Wildman–Crippen MR) is 110 cm³/mol. The molecule has 2 heterocycles. The van der Waals surface area contributed by atoms with Gasteiger partial charge in [0, 0.05) is 24.7 Å². The molecule has 0 atom stereocenters. The van der Waals surface area contributed by atoms with E-state index in [-0.39, 0.29) is 12.2 Å². The van der Waals surface area contributed by atoms with Crippen molar-refractivity contribution in [2.24, 2.45) is 0 Å². The van der Waals surface area contributed by atoms with Crippen molar-refractivity contribution in [3.63, 3.8) is 0 Å². The molecule has 0 bridgehead atoms. The molecule has 7 nitrogen and oxygen atoms in total. The molecule has 2 aromatic heterocycles. The lowest BCUT2D eigenvalue weighted by Crippen LogP contribution is -2.21. The summed E-state index contributed by atoms with van der Waals surface area (Å²) >= 11 is 1.55. The number of fused-ring (bicyclic) bond motifs is 1. The van der Waals surface area contributed by atoms with E-state index in [1.54, 1.807) is 17.5 Å². The van der Waals surface area contributed by atoms with Gasteiger partial charge in [-0.25, -0.2) is 14.6 Å². The Morgan fingerprint density at radius 2 is 1.89 bits per heavy atom.